The summed E-state index contributed by atoms with van der Waals surface area (Å²) in [5.74, 6) is 0.948. The Morgan fingerprint density at radius 2 is 1.93 bits per heavy atom. The highest BCUT2D eigenvalue weighted by Crippen LogP contribution is 2.29. The van der Waals surface area contributed by atoms with E-state index < -0.39 is 5.41 Å². The van der Waals surface area contributed by atoms with Crippen LogP contribution < -0.4 is 15.4 Å². The van der Waals surface area contributed by atoms with Crippen molar-refractivity contribution in [2.45, 2.75) is 13.8 Å². The van der Waals surface area contributed by atoms with Crippen LogP contribution in [0.25, 0.3) is 11.3 Å². The second-order valence-electron chi connectivity index (χ2n) is 6.94. The van der Waals surface area contributed by atoms with Crippen LogP contribution in [0.3, 0.4) is 0 Å². The molecule has 5 nitrogen and oxygen atoms in total. The van der Waals surface area contributed by atoms with Crippen molar-refractivity contribution in [3.05, 3.63) is 53.9 Å². The van der Waals surface area contributed by atoms with Gasteiger partial charge in [-0.1, -0.05) is 18.2 Å². The third kappa shape index (κ3) is 4.82. The number of alkyl halides is 1. The molecule has 0 aliphatic heterocycles. The van der Waals surface area contributed by atoms with E-state index in [0.717, 1.165) is 33.5 Å². The maximum atomic E-state index is 12.2. The smallest absolute Gasteiger partial charge is 0.231 e. The zero-order valence-electron chi connectivity index (χ0n) is 16.0. The minimum Gasteiger partial charge on any atom is -0.497 e. The standard InChI is InChI=1S/C21H22ClN3O2S/c1-21(2,13-22)19(26)23-15-9-7-14(8-10-15)18-12-28-20(25-18)24-16-5-4-6-17(11-16)27-3/h4-12H,13H2,1-3H3,(H,23,26)(H,24,25). The Labute approximate surface area is 173 Å². The molecule has 7 heteroatoms. The molecule has 0 aliphatic carbocycles. The summed E-state index contributed by atoms with van der Waals surface area (Å²) in [5.41, 5.74) is 2.88. The zero-order chi connectivity index (χ0) is 20.1. The lowest BCUT2D eigenvalue weighted by Gasteiger charge is -2.20. The maximum absolute atomic E-state index is 12.2. The van der Waals surface area contributed by atoms with Crippen molar-refractivity contribution in [1.82, 2.24) is 4.98 Å². The number of amides is 1. The molecule has 3 aromatic rings. The minimum atomic E-state index is -0.615. The van der Waals surface area contributed by atoms with E-state index in [4.69, 9.17) is 16.3 Å². The maximum Gasteiger partial charge on any atom is 0.231 e. The Morgan fingerprint density at radius 1 is 1.18 bits per heavy atom. The number of hydrogen-bond donors (Lipinski definition) is 2. The summed E-state index contributed by atoms with van der Waals surface area (Å²) in [7, 11) is 1.64. The summed E-state index contributed by atoms with van der Waals surface area (Å²) in [6.45, 7) is 3.63. The monoisotopic (exact) mass is 415 g/mol. The van der Waals surface area contributed by atoms with Crippen LogP contribution in [0.4, 0.5) is 16.5 Å². The van der Waals surface area contributed by atoms with Gasteiger partial charge in [0.25, 0.3) is 0 Å². The van der Waals surface area contributed by atoms with Crippen LogP contribution in [0.15, 0.2) is 53.9 Å². The Morgan fingerprint density at radius 3 is 2.61 bits per heavy atom. The summed E-state index contributed by atoms with van der Waals surface area (Å²) in [6, 6.07) is 15.3. The molecule has 2 N–H and O–H groups in total. The van der Waals surface area contributed by atoms with Crippen LogP contribution in [0.1, 0.15) is 13.8 Å². The van der Waals surface area contributed by atoms with Gasteiger partial charge in [0.05, 0.1) is 18.2 Å². The van der Waals surface area contributed by atoms with Crippen molar-refractivity contribution in [2.24, 2.45) is 5.41 Å². The van der Waals surface area contributed by atoms with Crippen LogP contribution in [-0.2, 0) is 4.79 Å². The first-order valence-electron chi connectivity index (χ1n) is 8.76. The van der Waals surface area contributed by atoms with Crippen molar-refractivity contribution in [1.29, 1.82) is 0 Å². The van der Waals surface area contributed by atoms with E-state index in [1.54, 1.807) is 7.11 Å². The average molecular weight is 416 g/mol. The number of thiazole rings is 1. The van der Waals surface area contributed by atoms with Gasteiger partial charge < -0.3 is 15.4 Å². The van der Waals surface area contributed by atoms with Crippen LogP contribution in [0.2, 0.25) is 0 Å². The third-order valence-electron chi connectivity index (χ3n) is 4.21. The third-order valence-corrected chi connectivity index (χ3v) is 5.64. The second-order valence-corrected chi connectivity index (χ2v) is 8.07. The first kappa shape index (κ1) is 20.2. The molecule has 0 aliphatic rings. The summed E-state index contributed by atoms with van der Waals surface area (Å²) in [5, 5.41) is 8.97. The minimum absolute atomic E-state index is 0.103. The van der Waals surface area contributed by atoms with Gasteiger partial charge in [0, 0.05) is 34.3 Å². The average Bonchev–Trinajstić information content (AvgIpc) is 3.17. The van der Waals surface area contributed by atoms with Gasteiger partial charge in [0.15, 0.2) is 5.13 Å². The van der Waals surface area contributed by atoms with Gasteiger partial charge in [-0.3, -0.25) is 4.79 Å². The van der Waals surface area contributed by atoms with Gasteiger partial charge in [-0.05, 0) is 38.1 Å². The topological polar surface area (TPSA) is 63.2 Å². The molecule has 0 atom stereocenters. The van der Waals surface area contributed by atoms with E-state index in [2.05, 4.69) is 15.6 Å². The first-order chi connectivity index (χ1) is 13.4. The lowest BCUT2D eigenvalue weighted by molar-refractivity contribution is -0.122. The lowest BCUT2D eigenvalue weighted by atomic mass is 9.95. The predicted octanol–water partition coefficient (Wildman–Crippen LogP) is 5.77. The van der Waals surface area contributed by atoms with Crippen molar-refractivity contribution in [3.63, 3.8) is 0 Å². The number of benzene rings is 2. The van der Waals surface area contributed by atoms with Gasteiger partial charge in [-0.15, -0.1) is 22.9 Å². The highest BCUT2D eigenvalue weighted by molar-refractivity contribution is 7.14. The number of nitrogens with zero attached hydrogens (tertiary/aromatic N) is 1. The van der Waals surface area contributed by atoms with E-state index in [0.29, 0.717) is 0 Å². The number of hydrogen-bond acceptors (Lipinski definition) is 5. The number of nitrogens with one attached hydrogen (secondary N) is 2. The zero-order valence-corrected chi connectivity index (χ0v) is 17.5. The van der Waals surface area contributed by atoms with Crippen LogP contribution in [-0.4, -0.2) is 23.9 Å². The summed E-state index contributed by atoms with van der Waals surface area (Å²) < 4.78 is 5.24. The molecule has 28 heavy (non-hydrogen) atoms. The molecule has 0 bridgehead atoms. The molecule has 0 saturated carbocycles. The molecule has 0 saturated heterocycles. The molecule has 3 rings (SSSR count). The van der Waals surface area contributed by atoms with E-state index in [-0.39, 0.29) is 11.8 Å². The number of carbonyl (C=O) groups is 1. The van der Waals surface area contributed by atoms with Gasteiger partial charge >= 0.3 is 0 Å². The Balaban J connectivity index is 1.68. The largest absolute Gasteiger partial charge is 0.497 e. The number of aromatic nitrogens is 1. The van der Waals surface area contributed by atoms with Crippen molar-refractivity contribution < 1.29 is 9.53 Å². The van der Waals surface area contributed by atoms with Crippen LogP contribution >= 0.6 is 22.9 Å². The fourth-order valence-electron chi connectivity index (χ4n) is 2.37. The fourth-order valence-corrected chi connectivity index (χ4v) is 3.23. The molecule has 0 spiro atoms. The van der Waals surface area contributed by atoms with Crippen LogP contribution in [0, 0.1) is 5.41 Å². The van der Waals surface area contributed by atoms with Crippen LogP contribution in [0.5, 0.6) is 5.75 Å². The molecule has 0 radical (unpaired) electrons. The van der Waals surface area contributed by atoms with Gasteiger partial charge in [-0.2, -0.15) is 0 Å². The molecule has 146 valence electrons. The van der Waals surface area contributed by atoms with Crippen molar-refractivity contribution in [3.8, 4) is 17.0 Å². The fraction of sp³-hybridized carbons (Fsp3) is 0.238. The normalized spacial score (nSPS) is 11.1. The molecule has 1 aromatic heterocycles. The Bertz CT molecular complexity index is 954. The van der Waals surface area contributed by atoms with Gasteiger partial charge in [-0.25, -0.2) is 4.98 Å². The SMILES string of the molecule is COc1cccc(Nc2nc(-c3ccc(NC(=O)C(C)(C)CCl)cc3)cs2)c1. The number of halogens is 1. The summed E-state index contributed by atoms with van der Waals surface area (Å²) in [6.07, 6.45) is 0. The summed E-state index contributed by atoms with van der Waals surface area (Å²) >= 11 is 7.38. The molecular weight excluding hydrogens is 394 g/mol. The number of methoxy groups -OCH3 is 1. The van der Waals surface area contributed by atoms with Gasteiger partial charge in [0.2, 0.25) is 5.91 Å². The molecular formula is C21H22ClN3O2S. The highest BCUT2D eigenvalue weighted by atomic mass is 35.5. The molecule has 0 unspecified atom stereocenters. The number of rotatable bonds is 7. The molecule has 0 fully saturated rings. The van der Waals surface area contributed by atoms with E-state index in [1.807, 2.05) is 67.8 Å². The number of carbonyl (C=O) groups excluding carboxylic acids is 1. The summed E-state index contributed by atoms with van der Waals surface area (Å²) in [4.78, 5) is 16.9. The van der Waals surface area contributed by atoms with E-state index >= 15 is 0 Å². The predicted molar refractivity (Wildman–Crippen MR) is 117 cm³/mol. The quantitative estimate of drug-likeness (QED) is 0.481. The van der Waals surface area contributed by atoms with Crippen molar-refractivity contribution >= 4 is 45.4 Å². The highest BCUT2D eigenvalue weighted by Gasteiger charge is 2.26. The molecule has 2 aromatic carbocycles. The number of anilines is 3. The van der Waals surface area contributed by atoms with E-state index in [9.17, 15) is 4.79 Å². The van der Waals surface area contributed by atoms with Gasteiger partial charge in [0.1, 0.15) is 5.75 Å². The lowest BCUT2D eigenvalue weighted by Crippen LogP contribution is -2.32. The van der Waals surface area contributed by atoms with Crippen molar-refractivity contribution in [2.75, 3.05) is 23.6 Å². The Kier molecular flexibility index (Phi) is 6.21. The number of ether oxygens (including phenoxy) is 1. The molecule has 1 amide bonds. The second kappa shape index (κ2) is 8.63. The molecule has 1 heterocycles. The van der Waals surface area contributed by atoms with E-state index in [1.165, 1.54) is 11.3 Å². The Hall–Kier alpha value is -2.57. The first-order valence-corrected chi connectivity index (χ1v) is 10.2.